The average molecular weight is 306 g/mol. The normalized spacial score (nSPS) is 15.7. The van der Waals surface area contributed by atoms with Crippen molar-refractivity contribution < 1.29 is 19.1 Å². The van der Waals surface area contributed by atoms with Gasteiger partial charge >= 0.3 is 6.09 Å². The monoisotopic (exact) mass is 306 g/mol. The van der Waals surface area contributed by atoms with E-state index in [0.717, 1.165) is 16.9 Å². The Bertz CT molecular complexity index is 617. The number of amides is 2. The summed E-state index contributed by atoms with van der Waals surface area (Å²) < 4.78 is 11.1. The Kier molecular flexibility index (Phi) is 3.91. The number of para-hydroxylation sites is 1. The molecule has 2 rings (SSSR count). The first-order chi connectivity index (χ1) is 10.0. The predicted octanol–water partition coefficient (Wildman–Crippen LogP) is 2.09. The lowest BCUT2D eigenvalue weighted by Gasteiger charge is -2.24. The molecule has 0 fully saturated rings. The number of ether oxygens (including phenoxy) is 2. The number of likely N-dealkylation sites (N-methyl/N-ethyl adjacent to an activating group) is 1. The van der Waals surface area contributed by atoms with Crippen LogP contribution >= 0.6 is 0 Å². The van der Waals surface area contributed by atoms with Gasteiger partial charge in [0.15, 0.2) is 11.5 Å². The molecule has 6 nitrogen and oxygen atoms in total. The van der Waals surface area contributed by atoms with E-state index in [0.29, 0.717) is 11.5 Å². The van der Waals surface area contributed by atoms with Crippen LogP contribution in [0.4, 0.5) is 4.79 Å². The van der Waals surface area contributed by atoms with Gasteiger partial charge in [-0.25, -0.2) is 9.69 Å². The summed E-state index contributed by atoms with van der Waals surface area (Å²) in [5.74, 6) is 0.336. The molecule has 1 aromatic rings. The second kappa shape index (κ2) is 5.28. The van der Waals surface area contributed by atoms with Crippen molar-refractivity contribution in [2.75, 3.05) is 7.05 Å². The number of rotatable bonds is 2. The summed E-state index contributed by atoms with van der Waals surface area (Å²) in [6.45, 7) is 6.99. The summed E-state index contributed by atoms with van der Waals surface area (Å²) >= 11 is 0. The Morgan fingerprint density at radius 1 is 1.36 bits per heavy atom. The van der Waals surface area contributed by atoms with Gasteiger partial charge in [-0.05, 0) is 33.8 Å². The zero-order valence-electron chi connectivity index (χ0n) is 13.6. The maximum absolute atomic E-state index is 12.1. The smallest absolute Gasteiger partial charge is 0.421 e. The summed E-state index contributed by atoms with van der Waals surface area (Å²) in [5.41, 5.74) is 5.20. The van der Waals surface area contributed by atoms with Crippen LogP contribution in [0.5, 0.6) is 11.5 Å². The lowest BCUT2D eigenvalue weighted by Crippen LogP contribution is -2.52. The van der Waals surface area contributed by atoms with Gasteiger partial charge in [0.05, 0.1) is 5.54 Å². The van der Waals surface area contributed by atoms with Crippen LogP contribution in [0.25, 0.3) is 0 Å². The summed E-state index contributed by atoms with van der Waals surface area (Å²) in [7, 11) is 1.34. The van der Waals surface area contributed by atoms with Crippen molar-refractivity contribution in [3.63, 3.8) is 0 Å². The molecule has 0 radical (unpaired) electrons. The number of carbonyl (C=O) groups is 2. The molecular formula is C16H22N2O4. The maximum Gasteiger partial charge on any atom is 0.421 e. The van der Waals surface area contributed by atoms with Crippen LogP contribution in [0.1, 0.15) is 33.3 Å². The van der Waals surface area contributed by atoms with Crippen LogP contribution < -0.4 is 15.2 Å². The van der Waals surface area contributed by atoms with Crippen LogP contribution in [-0.2, 0) is 11.2 Å². The third-order valence-corrected chi connectivity index (χ3v) is 3.38. The number of nitrogens with zero attached hydrogens (tertiary/aromatic N) is 1. The van der Waals surface area contributed by atoms with E-state index in [-0.39, 0.29) is 5.60 Å². The third kappa shape index (κ3) is 3.22. The molecule has 6 heteroatoms. The molecule has 0 aromatic heterocycles. The van der Waals surface area contributed by atoms with Gasteiger partial charge in [-0.1, -0.05) is 12.1 Å². The van der Waals surface area contributed by atoms with E-state index in [1.807, 2.05) is 19.9 Å². The molecule has 2 N–H and O–H groups in total. The van der Waals surface area contributed by atoms with Crippen LogP contribution in [0.2, 0.25) is 0 Å². The molecule has 22 heavy (non-hydrogen) atoms. The summed E-state index contributed by atoms with van der Waals surface area (Å²) in [5, 5.41) is 0. The quantitative estimate of drug-likeness (QED) is 0.904. The Labute approximate surface area is 130 Å². The van der Waals surface area contributed by atoms with Gasteiger partial charge in [0.25, 0.3) is 5.91 Å². The highest BCUT2D eigenvalue weighted by Gasteiger charge is 2.34. The standard InChI is InChI=1S/C16H22N2O4/c1-15(2)9-10-7-6-8-11(12(10)22-15)21-14(20)18(5)13(19)16(3,4)17/h6-8H,9,17H2,1-5H3. The number of hydrogen-bond acceptors (Lipinski definition) is 5. The van der Waals surface area contributed by atoms with E-state index in [9.17, 15) is 9.59 Å². The van der Waals surface area contributed by atoms with Crippen LogP contribution in [0, 0.1) is 0 Å². The van der Waals surface area contributed by atoms with Crippen molar-refractivity contribution in [1.29, 1.82) is 0 Å². The number of imide groups is 1. The molecule has 120 valence electrons. The van der Waals surface area contributed by atoms with Gasteiger partial charge < -0.3 is 15.2 Å². The Balaban J connectivity index is 2.18. The van der Waals surface area contributed by atoms with Crippen LogP contribution in [-0.4, -0.2) is 35.1 Å². The van der Waals surface area contributed by atoms with Gasteiger partial charge in [-0.3, -0.25) is 4.79 Å². The van der Waals surface area contributed by atoms with E-state index in [2.05, 4.69) is 0 Å². The molecule has 2 amide bonds. The van der Waals surface area contributed by atoms with Gasteiger partial charge in [0.1, 0.15) is 5.60 Å². The van der Waals surface area contributed by atoms with Crippen molar-refractivity contribution in [3.05, 3.63) is 23.8 Å². The Morgan fingerprint density at radius 2 is 2.00 bits per heavy atom. The SMILES string of the molecule is CN(C(=O)Oc1cccc2c1OC(C)(C)C2)C(=O)C(C)(C)N. The van der Waals surface area contributed by atoms with Crippen molar-refractivity contribution >= 4 is 12.0 Å². The summed E-state index contributed by atoms with van der Waals surface area (Å²) in [6, 6.07) is 5.37. The first kappa shape index (κ1) is 16.3. The molecule has 0 saturated heterocycles. The summed E-state index contributed by atoms with van der Waals surface area (Å²) in [6.07, 6.45) is -0.0524. The first-order valence-electron chi connectivity index (χ1n) is 7.11. The fourth-order valence-electron chi connectivity index (χ4n) is 2.35. The van der Waals surface area contributed by atoms with Crippen LogP contribution in [0.15, 0.2) is 18.2 Å². The van der Waals surface area contributed by atoms with Gasteiger partial charge in [-0.2, -0.15) is 0 Å². The number of hydrogen-bond donors (Lipinski definition) is 1. The average Bonchev–Trinajstić information content (AvgIpc) is 2.71. The molecule has 0 atom stereocenters. The fraction of sp³-hybridized carbons (Fsp3) is 0.500. The second-order valence-corrected chi connectivity index (χ2v) is 6.74. The van der Waals surface area contributed by atoms with Gasteiger partial charge in [-0.15, -0.1) is 0 Å². The minimum atomic E-state index is -1.15. The number of carbonyl (C=O) groups excluding carboxylic acids is 2. The van der Waals surface area contributed by atoms with Crippen molar-refractivity contribution in [3.8, 4) is 11.5 Å². The maximum atomic E-state index is 12.1. The highest BCUT2D eigenvalue weighted by molar-refractivity contribution is 5.97. The molecule has 0 bridgehead atoms. The molecule has 0 spiro atoms. The Morgan fingerprint density at radius 3 is 2.59 bits per heavy atom. The minimum Gasteiger partial charge on any atom is -0.483 e. The molecule has 0 unspecified atom stereocenters. The number of fused-ring (bicyclic) bond motifs is 1. The Hall–Kier alpha value is -2.08. The molecule has 1 aliphatic heterocycles. The molecule has 1 aliphatic rings. The minimum absolute atomic E-state index is 0.308. The molecule has 1 heterocycles. The van der Waals surface area contributed by atoms with Crippen molar-refractivity contribution in [2.45, 2.75) is 45.3 Å². The van der Waals surface area contributed by atoms with E-state index in [1.54, 1.807) is 12.1 Å². The first-order valence-corrected chi connectivity index (χ1v) is 7.11. The van der Waals surface area contributed by atoms with E-state index in [1.165, 1.54) is 20.9 Å². The highest BCUT2D eigenvalue weighted by Crippen LogP contribution is 2.41. The number of benzene rings is 1. The molecule has 0 saturated carbocycles. The largest absolute Gasteiger partial charge is 0.483 e. The number of nitrogens with two attached hydrogens (primary N) is 1. The third-order valence-electron chi connectivity index (χ3n) is 3.38. The molecular weight excluding hydrogens is 284 g/mol. The van der Waals surface area contributed by atoms with E-state index in [4.69, 9.17) is 15.2 Å². The second-order valence-electron chi connectivity index (χ2n) is 6.74. The molecule has 1 aromatic carbocycles. The van der Waals surface area contributed by atoms with E-state index < -0.39 is 17.5 Å². The van der Waals surface area contributed by atoms with Crippen LogP contribution in [0.3, 0.4) is 0 Å². The zero-order valence-corrected chi connectivity index (χ0v) is 13.6. The fourth-order valence-corrected chi connectivity index (χ4v) is 2.35. The topological polar surface area (TPSA) is 81.9 Å². The van der Waals surface area contributed by atoms with Gasteiger partial charge in [0.2, 0.25) is 0 Å². The van der Waals surface area contributed by atoms with Gasteiger partial charge in [0, 0.05) is 19.0 Å². The lowest BCUT2D eigenvalue weighted by atomic mass is 10.0. The lowest BCUT2D eigenvalue weighted by molar-refractivity contribution is -0.132. The predicted molar refractivity (Wildman–Crippen MR) is 81.9 cm³/mol. The summed E-state index contributed by atoms with van der Waals surface area (Å²) in [4.78, 5) is 25.0. The molecule has 0 aliphatic carbocycles. The van der Waals surface area contributed by atoms with Crippen molar-refractivity contribution in [1.82, 2.24) is 4.90 Å². The van der Waals surface area contributed by atoms with Crippen molar-refractivity contribution in [2.24, 2.45) is 5.73 Å². The van der Waals surface area contributed by atoms with E-state index >= 15 is 0 Å². The highest BCUT2D eigenvalue weighted by atomic mass is 16.6. The zero-order chi connectivity index (χ0) is 16.7.